The number of methoxy groups -OCH3 is 1. The van der Waals surface area contributed by atoms with Crippen LogP contribution in [0.4, 0.5) is 0 Å². The van der Waals surface area contributed by atoms with Crippen molar-refractivity contribution in [3.05, 3.63) is 46.4 Å². The maximum Gasteiger partial charge on any atom is 0.275 e. The van der Waals surface area contributed by atoms with Gasteiger partial charge < -0.3 is 15.2 Å². The van der Waals surface area contributed by atoms with E-state index in [1.807, 2.05) is 0 Å². The summed E-state index contributed by atoms with van der Waals surface area (Å²) in [5, 5.41) is 17.4. The number of hydrogen-bond donors (Lipinski definition) is 2. The standard InChI is InChI=1S/C16H21N3O3/c1-4-11(2)17-10-14-15(20)9-16(21)19(18-14)12-6-5-7-13(8-12)22-3/h5-9,11,17,20H,4,10H2,1-3H3. The Balaban J connectivity index is 2.37. The Morgan fingerprint density at radius 3 is 2.86 bits per heavy atom. The van der Waals surface area contributed by atoms with E-state index in [1.165, 1.54) is 10.7 Å². The predicted octanol–water partition coefficient (Wildman–Crippen LogP) is 1.83. The molecule has 118 valence electrons. The molecule has 2 N–H and O–H groups in total. The molecule has 6 heteroatoms. The fraction of sp³-hybridized carbons (Fsp3) is 0.375. The van der Waals surface area contributed by atoms with Crippen molar-refractivity contribution in [3.8, 4) is 17.2 Å². The molecule has 1 aromatic heterocycles. The van der Waals surface area contributed by atoms with Crippen LogP contribution in [0, 0.1) is 0 Å². The molecule has 22 heavy (non-hydrogen) atoms. The van der Waals surface area contributed by atoms with Gasteiger partial charge in [-0.1, -0.05) is 13.0 Å². The molecule has 1 heterocycles. The monoisotopic (exact) mass is 303 g/mol. The highest BCUT2D eigenvalue weighted by molar-refractivity contribution is 5.39. The van der Waals surface area contributed by atoms with E-state index in [0.717, 1.165) is 6.42 Å². The van der Waals surface area contributed by atoms with Crippen LogP contribution < -0.4 is 15.6 Å². The van der Waals surface area contributed by atoms with Crippen LogP contribution in [0.1, 0.15) is 26.0 Å². The highest BCUT2D eigenvalue weighted by Gasteiger charge is 2.11. The minimum atomic E-state index is -0.391. The third kappa shape index (κ3) is 3.65. The number of benzene rings is 1. The summed E-state index contributed by atoms with van der Waals surface area (Å²) in [6.45, 7) is 4.52. The van der Waals surface area contributed by atoms with Gasteiger partial charge in [0.2, 0.25) is 0 Å². The number of hydrogen-bond acceptors (Lipinski definition) is 5. The van der Waals surface area contributed by atoms with Crippen LogP contribution in [0.5, 0.6) is 11.5 Å². The first-order valence-corrected chi connectivity index (χ1v) is 7.25. The predicted molar refractivity (Wildman–Crippen MR) is 84.6 cm³/mol. The molecular formula is C16H21N3O3. The van der Waals surface area contributed by atoms with E-state index >= 15 is 0 Å². The zero-order valence-electron chi connectivity index (χ0n) is 13.0. The van der Waals surface area contributed by atoms with E-state index in [4.69, 9.17) is 4.74 Å². The summed E-state index contributed by atoms with van der Waals surface area (Å²) >= 11 is 0. The van der Waals surface area contributed by atoms with Crippen molar-refractivity contribution in [2.24, 2.45) is 0 Å². The maximum absolute atomic E-state index is 12.1. The van der Waals surface area contributed by atoms with Crippen molar-refractivity contribution in [2.75, 3.05) is 7.11 Å². The molecule has 0 aliphatic carbocycles. The Hall–Kier alpha value is -2.34. The lowest BCUT2D eigenvalue weighted by molar-refractivity contribution is 0.414. The summed E-state index contributed by atoms with van der Waals surface area (Å²) in [7, 11) is 1.56. The average molecular weight is 303 g/mol. The number of aromatic nitrogens is 2. The van der Waals surface area contributed by atoms with E-state index in [1.54, 1.807) is 31.4 Å². The minimum Gasteiger partial charge on any atom is -0.506 e. The molecule has 1 aromatic carbocycles. The van der Waals surface area contributed by atoms with Crippen LogP contribution >= 0.6 is 0 Å². The average Bonchev–Trinajstić information content (AvgIpc) is 2.53. The second kappa shape index (κ2) is 7.09. The van der Waals surface area contributed by atoms with Crippen LogP contribution in [0.15, 0.2) is 35.1 Å². The van der Waals surface area contributed by atoms with Gasteiger partial charge in [-0.3, -0.25) is 4.79 Å². The maximum atomic E-state index is 12.1. The first-order valence-electron chi connectivity index (χ1n) is 7.25. The van der Waals surface area contributed by atoms with Crippen LogP contribution in [0.25, 0.3) is 5.69 Å². The number of nitrogens with zero attached hydrogens (tertiary/aromatic N) is 2. The van der Waals surface area contributed by atoms with Crippen molar-refractivity contribution in [3.63, 3.8) is 0 Å². The largest absolute Gasteiger partial charge is 0.506 e. The molecule has 0 aliphatic rings. The summed E-state index contributed by atoms with van der Waals surface area (Å²) in [5.74, 6) is 0.540. The lowest BCUT2D eigenvalue weighted by Gasteiger charge is -2.13. The van der Waals surface area contributed by atoms with E-state index < -0.39 is 5.56 Å². The normalized spacial score (nSPS) is 12.1. The third-order valence-electron chi connectivity index (χ3n) is 3.51. The highest BCUT2D eigenvalue weighted by Crippen LogP contribution is 2.16. The van der Waals surface area contributed by atoms with Crippen molar-refractivity contribution in [1.29, 1.82) is 0 Å². The van der Waals surface area contributed by atoms with Gasteiger partial charge in [-0.15, -0.1) is 0 Å². The summed E-state index contributed by atoms with van der Waals surface area (Å²) < 4.78 is 6.42. The molecule has 0 fully saturated rings. The lowest BCUT2D eigenvalue weighted by Crippen LogP contribution is -2.28. The minimum absolute atomic E-state index is 0.0973. The molecule has 2 aromatic rings. The number of nitrogens with one attached hydrogen (secondary N) is 1. The van der Waals surface area contributed by atoms with Gasteiger partial charge in [0.25, 0.3) is 5.56 Å². The summed E-state index contributed by atoms with van der Waals surface area (Å²) in [6.07, 6.45) is 0.969. The van der Waals surface area contributed by atoms with Gasteiger partial charge in [-0.2, -0.15) is 9.78 Å². The molecular weight excluding hydrogens is 282 g/mol. The topological polar surface area (TPSA) is 76.4 Å². The molecule has 0 saturated carbocycles. The SMILES string of the molecule is CCC(C)NCc1nn(-c2cccc(OC)c2)c(=O)cc1O. The Kier molecular flexibility index (Phi) is 5.16. The van der Waals surface area contributed by atoms with Crippen LogP contribution in [-0.2, 0) is 6.54 Å². The zero-order valence-corrected chi connectivity index (χ0v) is 13.0. The third-order valence-corrected chi connectivity index (χ3v) is 3.51. The number of aromatic hydroxyl groups is 1. The van der Waals surface area contributed by atoms with Gasteiger partial charge in [-0.05, 0) is 25.5 Å². The number of rotatable bonds is 6. The van der Waals surface area contributed by atoms with Crippen molar-refractivity contribution >= 4 is 0 Å². The van der Waals surface area contributed by atoms with Crippen molar-refractivity contribution in [1.82, 2.24) is 15.1 Å². The van der Waals surface area contributed by atoms with E-state index in [-0.39, 0.29) is 5.75 Å². The van der Waals surface area contributed by atoms with Gasteiger partial charge in [0.1, 0.15) is 17.2 Å². The van der Waals surface area contributed by atoms with Gasteiger partial charge in [0, 0.05) is 24.7 Å². The molecule has 0 spiro atoms. The molecule has 0 bridgehead atoms. The fourth-order valence-corrected chi connectivity index (χ4v) is 1.95. The molecule has 1 atom stereocenters. The lowest BCUT2D eigenvalue weighted by atomic mass is 10.2. The Labute approximate surface area is 129 Å². The van der Waals surface area contributed by atoms with E-state index in [9.17, 15) is 9.90 Å². The van der Waals surface area contributed by atoms with Crippen molar-refractivity contribution in [2.45, 2.75) is 32.9 Å². The molecule has 1 unspecified atom stereocenters. The van der Waals surface area contributed by atoms with E-state index in [0.29, 0.717) is 29.7 Å². The highest BCUT2D eigenvalue weighted by atomic mass is 16.5. The fourth-order valence-electron chi connectivity index (χ4n) is 1.95. The van der Waals surface area contributed by atoms with E-state index in [2.05, 4.69) is 24.3 Å². The van der Waals surface area contributed by atoms with Crippen LogP contribution in [0.3, 0.4) is 0 Å². The molecule has 0 radical (unpaired) electrons. The molecule has 6 nitrogen and oxygen atoms in total. The van der Waals surface area contributed by atoms with Gasteiger partial charge in [-0.25, -0.2) is 0 Å². The quantitative estimate of drug-likeness (QED) is 0.851. The Bertz CT molecular complexity index is 697. The second-order valence-corrected chi connectivity index (χ2v) is 5.12. The second-order valence-electron chi connectivity index (χ2n) is 5.12. The van der Waals surface area contributed by atoms with Gasteiger partial charge >= 0.3 is 0 Å². The van der Waals surface area contributed by atoms with Crippen molar-refractivity contribution < 1.29 is 9.84 Å². The molecule has 2 rings (SSSR count). The summed E-state index contributed by atoms with van der Waals surface area (Å²) in [6, 6.07) is 8.54. The summed E-state index contributed by atoms with van der Waals surface area (Å²) in [4.78, 5) is 12.1. The van der Waals surface area contributed by atoms with Gasteiger partial charge in [0.05, 0.1) is 12.8 Å². The first kappa shape index (κ1) is 16.0. The van der Waals surface area contributed by atoms with Gasteiger partial charge in [0.15, 0.2) is 0 Å². The van der Waals surface area contributed by atoms with Crippen LogP contribution in [-0.4, -0.2) is 28.0 Å². The molecule has 0 saturated heterocycles. The summed E-state index contributed by atoms with van der Waals surface area (Å²) in [5.41, 5.74) is 0.634. The number of ether oxygens (including phenoxy) is 1. The Morgan fingerprint density at radius 1 is 1.41 bits per heavy atom. The first-order chi connectivity index (χ1) is 10.5. The molecule has 0 amide bonds. The van der Waals surface area contributed by atoms with Crippen LogP contribution in [0.2, 0.25) is 0 Å². The smallest absolute Gasteiger partial charge is 0.275 e. The Morgan fingerprint density at radius 2 is 2.18 bits per heavy atom. The molecule has 0 aliphatic heterocycles. The zero-order chi connectivity index (χ0) is 16.1.